The highest BCUT2D eigenvalue weighted by Gasteiger charge is 2.05. The van der Waals surface area contributed by atoms with E-state index in [0.29, 0.717) is 5.75 Å². The lowest BCUT2D eigenvalue weighted by atomic mass is 10.1. The molecule has 1 heterocycles. The molecule has 0 saturated carbocycles. The number of fused-ring (bicyclic) bond motifs is 1. The maximum Gasteiger partial charge on any atom is 0.161 e. The first-order chi connectivity index (χ1) is 12.7. The third-order valence-corrected chi connectivity index (χ3v) is 4.22. The maximum atomic E-state index is 9.68. The molecular weight excluding hydrogens is 324 g/mol. The molecule has 4 heteroatoms. The lowest BCUT2D eigenvalue weighted by molar-refractivity contribution is 0.373. The number of imidazole rings is 1. The Morgan fingerprint density at radius 3 is 2.54 bits per heavy atom. The van der Waals surface area contributed by atoms with Crippen LogP contribution in [0.1, 0.15) is 11.1 Å². The van der Waals surface area contributed by atoms with Gasteiger partial charge in [-0.3, -0.25) is 0 Å². The van der Waals surface area contributed by atoms with Crippen LogP contribution in [0.4, 0.5) is 0 Å². The van der Waals surface area contributed by atoms with Crippen LogP contribution >= 0.6 is 0 Å². The molecule has 4 rings (SSSR count). The summed E-state index contributed by atoms with van der Waals surface area (Å²) in [5.41, 5.74) is 5.04. The second kappa shape index (κ2) is 6.76. The third kappa shape index (κ3) is 3.17. The van der Waals surface area contributed by atoms with Crippen molar-refractivity contribution in [1.82, 2.24) is 9.97 Å². The summed E-state index contributed by atoms with van der Waals surface area (Å²) < 4.78 is 5.15. The molecule has 2 N–H and O–H groups in total. The number of nitrogens with zero attached hydrogens (tertiary/aromatic N) is 1. The van der Waals surface area contributed by atoms with Crippen LogP contribution in [0.25, 0.3) is 34.6 Å². The number of rotatable bonds is 4. The number of nitrogens with one attached hydrogen (secondary N) is 1. The van der Waals surface area contributed by atoms with Crippen LogP contribution < -0.4 is 4.74 Å². The number of para-hydroxylation sites is 2. The van der Waals surface area contributed by atoms with Gasteiger partial charge in [0.15, 0.2) is 11.5 Å². The first-order valence-electron chi connectivity index (χ1n) is 8.33. The Bertz CT molecular complexity index is 1060. The number of phenolic OH excluding ortho intramolecular Hbond substituents is 1. The molecule has 3 aromatic carbocycles. The summed E-state index contributed by atoms with van der Waals surface area (Å²) in [7, 11) is 1.54. The Hall–Kier alpha value is -3.53. The van der Waals surface area contributed by atoms with Crippen LogP contribution in [-0.2, 0) is 0 Å². The molecular formula is C22H18N2O2. The average molecular weight is 342 g/mol. The van der Waals surface area contributed by atoms with E-state index in [4.69, 9.17) is 4.74 Å². The minimum absolute atomic E-state index is 0.136. The van der Waals surface area contributed by atoms with Crippen molar-refractivity contribution in [3.63, 3.8) is 0 Å². The molecule has 0 atom stereocenters. The van der Waals surface area contributed by atoms with Crippen molar-refractivity contribution < 1.29 is 9.84 Å². The first-order valence-corrected chi connectivity index (χ1v) is 8.33. The van der Waals surface area contributed by atoms with E-state index in [9.17, 15) is 5.11 Å². The number of hydrogen-bond acceptors (Lipinski definition) is 3. The molecule has 0 aliphatic rings. The molecule has 4 nitrogen and oxygen atoms in total. The Balaban J connectivity index is 1.63. The number of hydrogen-bond donors (Lipinski definition) is 2. The Morgan fingerprint density at radius 2 is 1.73 bits per heavy atom. The maximum absolute atomic E-state index is 9.68. The molecule has 0 spiro atoms. The fourth-order valence-corrected chi connectivity index (χ4v) is 2.87. The zero-order chi connectivity index (χ0) is 17.9. The van der Waals surface area contributed by atoms with Gasteiger partial charge in [0.05, 0.1) is 18.1 Å². The zero-order valence-electron chi connectivity index (χ0n) is 14.3. The van der Waals surface area contributed by atoms with Crippen LogP contribution in [-0.4, -0.2) is 22.2 Å². The molecule has 0 aliphatic carbocycles. The van der Waals surface area contributed by atoms with Crippen molar-refractivity contribution in [3.05, 3.63) is 77.9 Å². The summed E-state index contributed by atoms with van der Waals surface area (Å²) in [5, 5.41) is 9.68. The summed E-state index contributed by atoms with van der Waals surface area (Å²) in [6.45, 7) is 0. The summed E-state index contributed by atoms with van der Waals surface area (Å²) >= 11 is 0. The summed E-state index contributed by atoms with van der Waals surface area (Å²) in [6, 6.07) is 21.5. The van der Waals surface area contributed by atoms with Gasteiger partial charge in [-0.2, -0.15) is 0 Å². The fraction of sp³-hybridized carbons (Fsp3) is 0.0455. The average Bonchev–Trinajstić information content (AvgIpc) is 3.12. The van der Waals surface area contributed by atoms with Gasteiger partial charge in [-0.1, -0.05) is 48.6 Å². The number of methoxy groups -OCH3 is 1. The minimum atomic E-state index is 0.136. The number of aromatic nitrogens is 2. The quantitative estimate of drug-likeness (QED) is 0.506. The van der Waals surface area contributed by atoms with Gasteiger partial charge >= 0.3 is 0 Å². The first kappa shape index (κ1) is 16.0. The smallest absolute Gasteiger partial charge is 0.161 e. The van der Waals surface area contributed by atoms with Gasteiger partial charge in [0.25, 0.3) is 0 Å². The monoisotopic (exact) mass is 342 g/mol. The molecule has 0 bridgehead atoms. The van der Waals surface area contributed by atoms with Gasteiger partial charge in [-0.25, -0.2) is 4.98 Å². The predicted molar refractivity (Wildman–Crippen MR) is 105 cm³/mol. The van der Waals surface area contributed by atoms with E-state index in [1.807, 2.05) is 60.7 Å². The number of aromatic amines is 1. The molecule has 0 radical (unpaired) electrons. The zero-order valence-corrected chi connectivity index (χ0v) is 14.3. The molecule has 0 amide bonds. The number of ether oxygens (including phenoxy) is 1. The highest BCUT2D eigenvalue weighted by atomic mass is 16.5. The van der Waals surface area contributed by atoms with E-state index in [1.165, 1.54) is 0 Å². The van der Waals surface area contributed by atoms with Gasteiger partial charge < -0.3 is 14.8 Å². The van der Waals surface area contributed by atoms with Crippen molar-refractivity contribution in [2.45, 2.75) is 0 Å². The SMILES string of the molecule is COc1cc(C=Cc2cccc(-c3nc4ccccc4[nH]3)c2)ccc1O. The topological polar surface area (TPSA) is 58.1 Å². The van der Waals surface area contributed by atoms with E-state index in [0.717, 1.165) is 33.5 Å². The highest BCUT2D eigenvalue weighted by Crippen LogP contribution is 2.27. The molecule has 1 aromatic heterocycles. The minimum Gasteiger partial charge on any atom is -0.504 e. The van der Waals surface area contributed by atoms with Crippen molar-refractivity contribution in [2.24, 2.45) is 0 Å². The normalized spacial score (nSPS) is 11.3. The van der Waals surface area contributed by atoms with Gasteiger partial charge in [0.1, 0.15) is 5.82 Å². The second-order valence-corrected chi connectivity index (χ2v) is 5.99. The lowest BCUT2D eigenvalue weighted by Gasteiger charge is -2.04. The summed E-state index contributed by atoms with van der Waals surface area (Å²) in [6.07, 6.45) is 4.01. The number of benzene rings is 3. The Labute approximate surface area is 151 Å². The van der Waals surface area contributed by atoms with Crippen LogP contribution in [0, 0.1) is 0 Å². The number of H-pyrrole nitrogens is 1. The predicted octanol–water partition coefficient (Wildman–Crippen LogP) is 5.11. The summed E-state index contributed by atoms with van der Waals surface area (Å²) in [5.74, 6) is 1.45. The molecule has 128 valence electrons. The van der Waals surface area contributed by atoms with Crippen LogP contribution in [0.3, 0.4) is 0 Å². The molecule has 4 aromatic rings. The largest absolute Gasteiger partial charge is 0.504 e. The molecule has 0 saturated heterocycles. The third-order valence-electron chi connectivity index (χ3n) is 4.22. The van der Waals surface area contributed by atoms with E-state index in [-0.39, 0.29) is 5.75 Å². The fourth-order valence-electron chi connectivity index (χ4n) is 2.87. The molecule has 0 fully saturated rings. The van der Waals surface area contributed by atoms with Crippen LogP contribution in [0.2, 0.25) is 0 Å². The van der Waals surface area contributed by atoms with E-state index >= 15 is 0 Å². The van der Waals surface area contributed by atoms with Crippen molar-refractivity contribution in [1.29, 1.82) is 0 Å². The Morgan fingerprint density at radius 1 is 0.923 bits per heavy atom. The molecule has 26 heavy (non-hydrogen) atoms. The van der Waals surface area contributed by atoms with Crippen molar-refractivity contribution in [3.8, 4) is 22.9 Å². The standard InChI is InChI=1S/C22H18N2O2/c1-26-21-14-16(11-12-20(21)25)10-9-15-5-4-6-17(13-15)22-23-18-7-2-3-8-19(18)24-22/h2-14,25H,1H3,(H,23,24). The van der Waals surface area contributed by atoms with Crippen molar-refractivity contribution >= 4 is 23.2 Å². The second-order valence-electron chi connectivity index (χ2n) is 5.99. The van der Waals surface area contributed by atoms with Gasteiger partial charge in [-0.15, -0.1) is 0 Å². The van der Waals surface area contributed by atoms with Crippen LogP contribution in [0.5, 0.6) is 11.5 Å². The van der Waals surface area contributed by atoms with E-state index in [2.05, 4.69) is 16.0 Å². The van der Waals surface area contributed by atoms with E-state index < -0.39 is 0 Å². The number of phenols is 1. The van der Waals surface area contributed by atoms with Gasteiger partial charge in [0, 0.05) is 5.56 Å². The lowest BCUT2D eigenvalue weighted by Crippen LogP contribution is -1.84. The Kier molecular flexibility index (Phi) is 4.15. The summed E-state index contributed by atoms with van der Waals surface area (Å²) in [4.78, 5) is 8.01. The highest BCUT2D eigenvalue weighted by molar-refractivity contribution is 5.80. The van der Waals surface area contributed by atoms with E-state index in [1.54, 1.807) is 19.2 Å². The van der Waals surface area contributed by atoms with Gasteiger partial charge in [-0.05, 0) is 41.5 Å². The van der Waals surface area contributed by atoms with Crippen LogP contribution in [0.15, 0.2) is 66.7 Å². The molecule has 0 aliphatic heterocycles. The molecule has 0 unspecified atom stereocenters. The van der Waals surface area contributed by atoms with Gasteiger partial charge in [0.2, 0.25) is 0 Å². The van der Waals surface area contributed by atoms with Crippen molar-refractivity contribution in [2.75, 3.05) is 7.11 Å². The number of aromatic hydroxyl groups is 1.